The van der Waals surface area contributed by atoms with Gasteiger partial charge in [0, 0.05) is 23.9 Å². The van der Waals surface area contributed by atoms with E-state index in [-0.39, 0.29) is 11.7 Å². The van der Waals surface area contributed by atoms with Crippen LogP contribution in [0.4, 0.5) is 0 Å². The minimum absolute atomic E-state index is 0.0335. The Bertz CT molecular complexity index is 566. The van der Waals surface area contributed by atoms with Gasteiger partial charge in [-0.3, -0.25) is 9.78 Å². The molecule has 0 saturated carbocycles. The summed E-state index contributed by atoms with van der Waals surface area (Å²) in [7, 11) is 0. The second kappa shape index (κ2) is 5.32. The minimum atomic E-state index is -0.215. The molecule has 0 aliphatic rings. The molecule has 0 saturated heterocycles. The van der Waals surface area contributed by atoms with Gasteiger partial charge < -0.3 is 0 Å². The van der Waals surface area contributed by atoms with Crippen LogP contribution in [0.5, 0.6) is 0 Å². The normalized spacial score (nSPS) is 12.2. The van der Waals surface area contributed by atoms with Gasteiger partial charge in [0.15, 0.2) is 5.78 Å². The summed E-state index contributed by atoms with van der Waals surface area (Å²) < 4.78 is 0. The number of benzene rings is 1. The smallest absolute Gasteiger partial charge is 0.171 e. The number of aryl methyl sites for hydroxylation is 1. The van der Waals surface area contributed by atoms with Crippen LogP contribution in [0.2, 0.25) is 5.02 Å². The maximum absolute atomic E-state index is 12.4. The molecule has 2 nitrogen and oxygen atoms in total. The number of pyridine rings is 1. The molecule has 1 aromatic heterocycles. The van der Waals surface area contributed by atoms with Crippen LogP contribution in [-0.4, -0.2) is 10.8 Å². The summed E-state index contributed by atoms with van der Waals surface area (Å²) in [6.45, 7) is 3.83. The van der Waals surface area contributed by atoms with Crippen molar-refractivity contribution < 1.29 is 4.79 Å². The Kier molecular flexibility index (Phi) is 3.78. The fourth-order valence-corrected chi connectivity index (χ4v) is 2.18. The average molecular weight is 260 g/mol. The number of nitrogens with zero attached hydrogens (tertiary/aromatic N) is 1. The molecule has 0 radical (unpaired) electrons. The first-order valence-electron chi connectivity index (χ1n) is 5.80. The lowest BCUT2D eigenvalue weighted by Gasteiger charge is -2.12. The second-order valence-electron chi connectivity index (χ2n) is 4.35. The highest BCUT2D eigenvalue weighted by atomic mass is 35.5. The number of rotatable bonds is 3. The fraction of sp³-hybridized carbons (Fsp3) is 0.200. The quantitative estimate of drug-likeness (QED) is 0.779. The number of carbonyl (C=O) groups is 1. The van der Waals surface area contributed by atoms with E-state index in [9.17, 15) is 4.79 Å². The van der Waals surface area contributed by atoms with Crippen molar-refractivity contribution in [1.82, 2.24) is 4.98 Å². The molecule has 18 heavy (non-hydrogen) atoms. The van der Waals surface area contributed by atoms with E-state index >= 15 is 0 Å². The van der Waals surface area contributed by atoms with Crippen molar-refractivity contribution in [1.29, 1.82) is 0 Å². The van der Waals surface area contributed by atoms with Gasteiger partial charge in [-0.15, -0.1) is 0 Å². The van der Waals surface area contributed by atoms with E-state index in [4.69, 9.17) is 11.6 Å². The lowest BCUT2D eigenvalue weighted by atomic mass is 9.92. The van der Waals surface area contributed by atoms with Gasteiger partial charge in [0.2, 0.25) is 0 Å². The van der Waals surface area contributed by atoms with Gasteiger partial charge in [0.1, 0.15) is 0 Å². The third-order valence-electron chi connectivity index (χ3n) is 2.99. The molecule has 1 unspecified atom stereocenters. The number of Topliss-reactive ketones (excluding diaryl/α,β-unsaturated/α-hetero) is 1. The zero-order chi connectivity index (χ0) is 13.1. The Balaban J connectivity index is 2.32. The SMILES string of the molecule is Cc1ccc(C(=O)C(C)c2ccncc2)c(Cl)c1. The first-order valence-corrected chi connectivity index (χ1v) is 6.17. The molecule has 0 bridgehead atoms. The molecule has 1 heterocycles. The molecule has 1 aromatic carbocycles. The van der Waals surface area contributed by atoms with E-state index in [1.54, 1.807) is 18.5 Å². The molecule has 0 N–H and O–H groups in total. The Morgan fingerprint density at radius 3 is 2.50 bits per heavy atom. The van der Waals surface area contributed by atoms with E-state index < -0.39 is 0 Å². The fourth-order valence-electron chi connectivity index (χ4n) is 1.86. The highest BCUT2D eigenvalue weighted by Gasteiger charge is 2.19. The summed E-state index contributed by atoms with van der Waals surface area (Å²) in [5, 5.41) is 0.515. The Labute approximate surface area is 112 Å². The number of halogens is 1. The molecule has 92 valence electrons. The van der Waals surface area contributed by atoms with Crippen molar-refractivity contribution >= 4 is 17.4 Å². The summed E-state index contributed by atoms with van der Waals surface area (Å²) in [5.74, 6) is -0.181. The first kappa shape index (κ1) is 12.8. The van der Waals surface area contributed by atoms with Crippen LogP contribution in [0.1, 0.15) is 34.3 Å². The molecule has 0 aliphatic carbocycles. The zero-order valence-electron chi connectivity index (χ0n) is 10.4. The van der Waals surface area contributed by atoms with Crippen molar-refractivity contribution in [2.75, 3.05) is 0 Å². The summed E-state index contributed by atoms with van der Waals surface area (Å²) in [4.78, 5) is 16.3. The van der Waals surface area contributed by atoms with Crippen molar-refractivity contribution in [3.05, 3.63) is 64.4 Å². The molecule has 0 spiro atoms. The molecule has 0 amide bonds. The predicted octanol–water partition coefficient (Wildman–Crippen LogP) is 4.03. The first-order chi connectivity index (χ1) is 8.59. The Morgan fingerprint density at radius 1 is 1.22 bits per heavy atom. The van der Waals surface area contributed by atoms with Crippen LogP contribution >= 0.6 is 11.6 Å². The molecular weight excluding hydrogens is 246 g/mol. The number of ketones is 1. The number of hydrogen-bond donors (Lipinski definition) is 0. The highest BCUT2D eigenvalue weighted by molar-refractivity contribution is 6.34. The summed E-state index contributed by atoms with van der Waals surface area (Å²) in [6.07, 6.45) is 3.38. The average Bonchev–Trinajstić information content (AvgIpc) is 2.38. The van der Waals surface area contributed by atoms with Crippen LogP contribution in [0.15, 0.2) is 42.7 Å². The van der Waals surface area contributed by atoms with E-state index in [2.05, 4.69) is 4.98 Å². The zero-order valence-corrected chi connectivity index (χ0v) is 11.1. The maximum Gasteiger partial charge on any atom is 0.171 e. The van der Waals surface area contributed by atoms with Crippen molar-refractivity contribution in [2.24, 2.45) is 0 Å². The van der Waals surface area contributed by atoms with Gasteiger partial charge in [0.25, 0.3) is 0 Å². The monoisotopic (exact) mass is 259 g/mol. The molecule has 2 rings (SSSR count). The number of hydrogen-bond acceptors (Lipinski definition) is 2. The second-order valence-corrected chi connectivity index (χ2v) is 4.76. The topological polar surface area (TPSA) is 30.0 Å². The summed E-state index contributed by atoms with van der Waals surface area (Å²) >= 11 is 6.12. The van der Waals surface area contributed by atoms with Crippen LogP contribution in [0, 0.1) is 6.92 Å². The molecule has 0 fully saturated rings. The molecule has 1 atom stereocenters. The van der Waals surface area contributed by atoms with E-state index in [1.165, 1.54) is 0 Å². The van der Waals surface area contributed by atoms with Crippen molar-refractivity contribution in [3.8, 4) is 0 Å². The van der Waals surface area contributed by atoms with Gasteiger partial charge in [0.05, 0.1) is 5.02 Å². The van der Waals surface area contributed by atoms with Gasteiger partial charge in [-0.25, -0.2) is 0 Å². The molecule has 2 aromatic rings. The largest absolute Gasteiger partial charge is 0.293 e. The third-order valence-corrected chi connectivity index (χ3v) is 3.30. The number of carbonyl (C=O) groups excluding carboxylic acids is 1. The van der Waals surface area contributed by atoms with Crippen LogP contribution in [-0.2, 0) is 0 Å². The van der Waals surface area contributed by atoms with Crippen LogP contribution in [0.3, 0.4) is 0 Å². The highest BCUT2D eigenvalue weighted by Crippen LogP contribution is 2.25. The van der Waals surface area contributed by atoms with E-state index in [0.29, 0.717) is 10.6 Å². The van der Waals surface area contributed by atoms with E-state index in [0.717, 1.165) is 11.1 Å². The van der Waals surface area contributed by atoms with Crippen LogP contribution < -0.4 is 0 Å². The molecular formula is C15H14ClNO. The van der Waals surface area contributed by atoms with Gasteiger partial charge in [-0.2, -0.15) is 0 Å². The number of aromatic nitrogens is 1. The molecule has 0 aliphatic heterocycles. The lowest BCUT2D eigenvalue weighted by molar-refractivity contribution is 0.0966. The Morgan fingerprint density at radius 2 is 1.89 bits per heavy atom. The van der Waals surface area contributed by atoms with E-state index in [1.807, 2.05) is 38.1 Å². The maximum atomic E-state index is 12.4. The Hall–Kier alpha value is -1.67. The van der Waals surface area contributed by atoms with Crippen LogP contribution in [0.25, 0.3) is 0 Å². The molecule has 3 heteroatoms. The summed E-state index contributed by atoms with van der Waals surface area (Å²) in [6, 6.07) is 9.21. The standard InChI is InChI=1S/C15H14ClNO/c1-10-3-4-13(14(16)9-10)15(18)11(2)12-5-7-17-8-6-12/h3-9,11H,1-2H3. The predicted molar refractivity (Wildman–Crippen MR) is 73.2 cm³/mol. The van der Waals surface area contributed by atoms with Gasteiger partial charge in [-0.1, -0.05) is 24.6 Å². The van der Waals surface area contributed by atoms with Gasteiger partial charge in [-0.05, 0) is 42.3 Å². The minimum Gasteiger partial charge on any atom is -0.293 e. The summed E-state index contributed by atoms with van der Waals surface area (Å²) in [5.41, 5.74) is 2.58. The van der Waals surface area contributed by atoms with Crippen molar-refractivity contribution in [3.63, 3.8) is 0 Å². The van der Waals surface area contributed by atoms with Gasteiger partial charge >= 0.3 is 0 Å². The van der Waals surface area contributed by atoms with Crippen molar-refractivity contribution in [2.45, 2.75) is 19.8 Å². The third kappa shape index (κ3) is 2.59. The lowest BCUT2D eigenvalue weighted by Crippen LogP contribution is -2.10.